The zero-order valence-electron chi connectivity index (χ0n) is 12.0. The average molecular weight is 269 g/mol. The molecule has 0 amide bonds. The second-order valence-corrected chi connectivity index (χ2v) is 5.04. The molecule has 0 fully saturated rings. The number of carbonyl (C=O) groups is 1. The molecule has 104 valence electrons. The molecule has 0 saturated carbocycles. The topological polar surface area (TPSA) is 49.3 Å². The molecule has 0 radical (unpaired) electrons. The van der Waals surface area contributed by atoms with Crippen LogP contribution in [0.5, 0.6) is 0 Å². The van der Waals surface area contributed by atoms with Crippen molar-refractivity contribution in [1.82, 2.24) is 0 Å². The minimum atomic E-state index is -0.894. The Kier molecular flexibility index (Phi) is 4.08. The maximum atomic E-state index is 10.9. The molecule has 2 aromatic carbocycles. The zero-order chi connectivity index (χ0) is 14.7. The van der Waals surface area contributed by atoms with Gasteiger partial charge < -0.3 is 10.4 Å². The first-order valence-corrected chi connectivity index (χ1v) is 6.62. The van der Waals surface area contributed by atoms with Gasteiger partial charge in [0, 0.05) is 12.2 Å². The lowest BCUT2D eigenvalue weighted by atomic mass is 10.0. The highest BCUT2D eigenvalue weighted by atomic mass is 16.4. The van der Waals surface area contributed by atoms with Gasteiger partial charge in [-0.25, -0.2) is 4.79 Å². The number of hydrogen-bond donors (Lipinski definition) is 2. The molecule has 0 aliphatic rings. The van der Waals surface area contributed by atoms with Crippen molar-refractivity contribution in [3.63, 3.8) is 0 Å². The summed E-state index contributed by atoms with van der Waals surface area (Å²) < 4.78 is 0. The van der Waals surface area contributed by atoms with E-state index in [1.54, 1.807) is 18.2 Å². The Bertz CT molecular complexity index is 647. The van der Waals surface area contributed by atoms with Crippen LogP contribution in [-0.4, -0.2) is 11.1 Å². The molecule has 0 spiro atoms. The van der Waals surface area contributed by atoms with Crippen molar-refractivity contribution < 1.29 is 9.90 Å². The maximum Gasteiger partial charge on any atom is 0.335 e. The fourth-order valence-electron chi connectivity index (χ4n) is 2.16. The van der Waals surface area contributed by atoms with Crippen LogP contribution in [0.4, 0.5) is 5.69 Å². The van der Waals surface area contributed by atoms with Crippen LogP contribution in [-0.2, 0) is 6.54 Å². The fraction of sp³-hybridized carbons (Fsp3) is 0.235. The van der Waals surface area contributed by atoms with Gasteiger partial charge in [0.25, 0.3) is 0 Å². The van der Waals surface area contributed by atoms with E-state index in [0.29, 0.717) is 12.1 Å². The molecular weight excluding hydrogens is 250 g/mol. The molecule has 2 N–H and O–H groups in total. The summed E-state index contributed by atoms with van der Waals surface area (Å²) in [4.78, 5) is 10.9. The Labute approximate surface area is 119 Å². The van der Waals surface area contributed by atoms with Crippen LogP contribution in [0.2, 0.25) is 0 Å². The fourth-order valence-corrected chi connectivity index (χ4v) is 2.16. The lowest BCUT2D eigenvalue weighted by molar-refractivity contribution is 0.0697. The van der Waals surface area contributed by atoms with Crippen LogP contribution >= 0.6 is 0 Å². The second-order valence-electron chi connectivity index (χ2n) is 5.04. The first kappa shape index (κ1) is 14.1. The quantitative estimate of drug-likeness (QED) is 0.884. The molecule has 2 rings (SSSR count). The summed E-state index contributed by atoms with van der Waals surface area (Å²) in [6.07, 6.45) is 0. The summed E-state index contributed by atoms with van der Waals surface area (Å²) in [5, 5.41) is 12.4. The van der Waals surface area contributed by atoms with Gasteiger partial charge in [-0.3, -0.25) is 0 Å². The van der Waals surface area contributed by atoms with Gasteiger partial charge in [0.15, 0.2) is 0 Å². The Morgan fingerprint density at radius 1 is 1.10 bits per heavy atom. The number of nitrogens with one attached hydrogen (secondary N) is 1. The summed E-state index contributed by atoms with van der Waals surface area (Å²) in [7, 11) is 0. The van der Waals surface area contributed by atoms with Crippen LogP contribution in [0.1, 0.15) is 32.6 Å². The standard InChI is InChI=1S/C17H19NO2/c1-11-7-8-16(13(3)12(11)2)18-10-14-5-4-6-15(9-14)17(19)20/h4-9,18H,10H2,1-3H3,(H,19,20). The lowest BCUT2D eigenvalue weighted by Crippen LogP contribution is -2.04. The highest BCUT2D eigenvalue weighted by Crippen LogP contribution is 2.22. The van der Waals surface area contributed by atoms with Crippen molar-refractivity contribution >= 4 is 11.7 Å². The average Bonchev–Trinajstić information content (AvgIpc) is 2.44. The van der Waals surface area contributed by atoms with Crippen molar-refractivity contribution in [2.24, 2.45) is 0 Å². The van der Waals surface area contributed by atoms with Crippen molar-refractivity contribution in [3.05, 3.63) is 64.2 Å². The van der Waals surface area contributed by atoms with Gasteiger partial charge in [0.05, 0.1) is 5.56 Å². The highest BCUT2D eigenvalue weighted by Gasteiger charge is 2.05. The highest BCUT2D eigenvalue weighted by molar-refractivity contribution is 5.87. The van der Waals surface area contributed by atoms with Crippen molar-refractivity contribution in [2.75, 3.05) is 5.32 Å². The number of carboxylic acid groups (broad SMARTS) is 1. The molecule has 0 aromatic heterocycles. The predicted octanol–water partition coefficient (Wildman–Crippen LogP) is 3.92. The van der Waals surface area contributed by atoms with Gasteiger partial charge in [-0.1, -0.05) is 18.2 Å². The number of hydrogen-bond acceptors (Lipinski definition) is 2. The van der Waals surface area contributed by atoms with Crippen molar-refractivity contribution in [3.8, 4) is 0 Å². The van der Waals surface area contributed by atoms with Crippen molar-refractivity contribution in [1.29, 1.82) is 0 Å². The Morgan fingerprint density at radius 2 is 1.85 bits per heavy atom. The van der Waals surface area contributed by atoms with E-state index in [0.717, 1.165) is 11.3 Å². The van der Waals surface area contributed by atoms with Crippen molar-refractivity contribution in [2.45, 2.75) is 27.3 Å². The normalized spacial score (nSPS) is 10.3. The molecule has 3 heteroatoms. The largest absolute Gasteiger partial charge is 0.478 e. The molecule has 2 aromatic rings. The summed E-state index contributed by atoms with van der Waals surface area (Å²) >= 11 is 0. The van der Waals surface area contributed by atoms with E-state index in [2.05, 4.69) is 38.2 Å². The minimum Gasteiger partial charge on any atom is -0.478 e. The number of aromatic carboxylic acids is 1. The van der Waals surface area contributed by atoms with Gasteiger partial charge in [-0.2, -0.15) is 0 Å². The molecule has 0 bridgehead atoms. The van der Waals surface area contributed by atoms with E-state index >= 15 is 0 Å². The van der Waals surface area contributed by atoms with Crippen LogP contribution in [0, 0.1) is 20.8 Å². The van der Waals surface area contributed by atoms with E-state index < -0.39 is 5.97 Å². The summed E-state index contributed by atoms with van der Waals surface area (Å²) in [6.45, 7) is 6.92. The van der Waals surface area contributed by atoms with Crippen LogP contribution in [0.3, 0.4) is 0 Å². The summed E-state index contributed by atoms with van der Waals surface area (Å²) in [5.41, 5.74) is 6.17. The number of rotatable bonds is 4. The van der Waals surface area contributed by atoms with E-state index in [4.69, 9.17) is 5.11 Å². The van der Waals surface area contributed by atoms with Crippen LogP contribution < -0.4 is 5.32 Å². The third kappa shape index (κ3) is 2.99. The van der Waals surface area contributed by atoms with Crippen LogP contribution in [0.25, 0.3) is 0 Å². The van der Waals surface area contributed by atoms with Gasteiger partial charge in [-0.15, -0.1) is 0 Å². The Hall–Kier alpha value is -2.29. The summed E-state index contributed by atoms with van der Waals surface area (Å²) in [5.74, 6) is -0.894. The van der Waals surface area contributed by atoms with E-state index in [9.17, 15) is 4.79 Å². The number of aryl methyl sites for hydroxylation is 1. The molecule has 0 saturated heterocycles. The number of carboxylic acids is 1. The van der Waals surface area contributed by atoms with E-state index in [1.807, 2.05) is 6.07 Å². The first-order chi connectivity index (χ1) is 9.49. The van der Waals surface area contributed by atoms with Gasteiger partial charge in [0.2, 0.25) is 0 Å². The molecule has 0 heterocycles. The Balaban J connectivity index is 2.15. The van der Waals surface area contributed by atoms with Crippen LogP contribution in [0.15, 0.2) is 36.4 Å². The molecule has 0 atom stereocenters. The predicted molar refractivity (Wildman–Crippen MR) is 81.4 cm³/mol. The first-order valence-electron chi connectivity index (χ1n) is 6.62. The number of anilines is 1. The van der Waals surface area contributed by atoms with E-state index in [1.165, 1.54) is 16.7 Å². The van der Waals surface area contributed by atoms with Gasteiger partial charge in [-0.05, 0) is 61.2 Å². The smallest absolute Gasteiger partial charge is 0.335 e. The molecule has 3 nitrogen and oxygen atoms in total. The third-order valence-electron chi connectivity index (χ3n) is 3.71. The monoisotopic (exact) mass is 269 g/mol. The summed E-state index contributed by atoms with van der Waals surface area (Å²) in [6, 6.07) is 11.2. The second kappa shape index (κ2) is 5.78. The molecule has 0 aliphatic heterocycles. The van der Waals surface area contributed by atoms with Gasteiger partial charge in [0.1, 0.15) is 0 Å². The Morgan fingerprint density at radius 3 is 2.55 bits per heavy atom. The maximum absolute atomic E-state index is 10.9. The minimum absolute atomic E-state index is 0.320. The molecule has 0 unspecified atom stereocenters. The zero-order valence-corrected chi connectivity index (χ0v) is 12.0. The molecular formula is C17H19NO2. The molecule has 20 heavy (non-hydrogen) atoms. The van der Waals surface area contributed by atoms with Gasteiger partial charge >= 0.3 is 5.97 Å². The van der Waals surface area contributed by atoms with E-state index in [-0.39, 0.29) is 0 Å². The SMILES string of the molecule is Cc1ccc(NCc2cccc(C(=O)O)c2)c(C)c1C. The molecule has 0 aliphatic carbocycles. The number of benzene rings is 2. The third-order valence-corrected chi connectivity index (χ3v) is 3.71. The lowest BCUT2D eigenvalue weighted by Gasteiger charge is -2.13.